The maximum atomic E-state index is 14.5. The zero-order chi connectivity index (χ0) is 36.0. The Morgan fingerprint density at radius 2 is 1.73 bits per heavy atom. The molecule has 270 valence electrons. The summed E-state index contributed by atoms with van der Waals surface area (Å²) in [4.78, 5) is 59.9. The van der Waals surface area contributed by atoms with Crippen molar-refractivity contribution >= 4 is 35.2 Å². The van der Waals surface area contributed by atoms with Gasteiger partial charge in [0, 0.05) is 52.2 Å². The zero-order valence-electron chi connectivity index (χ0n) is 30.9. The van der Waals surface area contributed by atoms with E-state index in [1.807, 2.05) is 26.0 Å². The van der Waals surface area contributed by atoms with Gasteiger partial charge in [-0.2, -0.15) is 0 Å². The van der Waals surface area contributed by atoms with E-state index >= 15 is 0 Å². The van der Waals surface area contributed by atoms with Crippen LogP contribution < -0.4 is 19.9 Å². The lowest BCUT2D eigenvalue weighted by Gasteiger charge is -2.41. The van der Waals surface area contributed by atoms with Crippen LogP contribution in [0.4, 0.5) is 16.2 Å². The van der Waals surface area contributed by atoms with Crippen LogP contribution in [0.15, 0.2) is 18.2 Å². The molecule has 4 amide bonds. The maximum absolute atomic E-state index is 14.5. The smallest absolute Gasteiger partial charge is 0.410 e. The number of carbonyl (C=O) groups excluding carboxylic acids is 4. The van der Waals surface area contributed by atoms with E-state index in [4.69, 9.17) is 18.9 Å². The summed E-state index contributed by atoms with van der Waals surface area (Å²) in [6.07, 6.45) is 1.06. The topological polar surface area (TPSA) is 127 Å². The molecular formula is C36H58N4O8. The molecular weight excluding hydrogens is 616 g/mol. The number of rotatable bonds is 13. The number of benzene rings is 1. The molecule has 3 atom stereocenters. The van der Waals surface area contributed by atoms with Gasteiger partial charge in [0.05, 0.1) is 30.2 Å². The summed E-state index contributed by atoms with van der Waals surface area (Å²) in [5.74, 6) is -1.05. The molecule has 1 fully saturated rings. The Morgan fingerprint density at radius 1 is 1.06 bits per heavy atom. The fourth-order valence-corrected chi connectivity index (χ4v) is 6.37. The highest BCUT2D eigenvalue weighted by atomic mass is 16.6. The minimum Gasteiger partial charge on any atom is -0.476 e. The van der Waals surface area contributed by atoms with E-state index in [0.29, 0.717) is 49.2 Å². The van der Waals surface area contributed by atoms with Crippen molar-refractivity contribution in [3.63, 3.8) is 0 Å². The highest BCUT2D eigenvalue weighted by Gasteiger charge is 2.43. The lowest BCUT2D eigenvalue weighted by molar-refractivity contribution is -0.133. The second kappa shape index (κ2) is 16.3. The van der Waals surface area contributed by atoms with Crippen molar-refractivity contribution in [1.82, 2.24) is 10.2 Å². The molecule has 3 rings (SSSR count). The van der Waals surface area contributed by atoms with Gasteiger partial charge in [-0.25, -0.2) is 4.79 Å². The molecule has 48 heavy (non-hydrogen) atoms. The molecule has 2 aliphatic heterocycles. The van der Waals surface area contributed by atoms with Crippen LogP contribution in [-0.4, -0.2) is 99.1 Å². The Labute approximate surface area is 286 Å². The predicted molar refractivity (Wildman–Crippen MR) is 185 cm³/mol. The van der Waals surface area contributed by atoms with Gasteiger partial charge in [0.1, 0.15) is 11.4 Å². The van der Waals surface area contributed by atoms with Crippen LogP contribution in [0, 0.1) is 17.8 Å². The number of hydrogen-bond donors (Lipinski definition) is 1. The quantitative estimate of drug-likeness (QED) is 0.289. The third-order valence-corrected chi connectivity index (χ3v) is 8.41. The van der Waals surface area contributed by atoms with E-state index in [9.17, 15) is 19.2 Å². The van der Waals surface area contributed by atoms with E-state index < -0.39 is 29.1 Å². The Hall–Kier alpha value is -3.38. The molecule has 0 saturated carbocycles. The SMILES string of the molecule is COCCCN1C(=O)C(C)(C)Oc2ccc(N(C(=O)C3C[C@H](C(=O)NC(COC)CC(C)C)CN(C(=O)OC(C)(C)C)C3)C(C)C)cc21. The first-order chi connectivity index (χ1) is 22.4. The van der Waals surface area contributed by atoms with Crippen LogP contribution in [0.2, 0.25) is 0 Å². The number of anilines is 2. The number of fused-ring (bicyclic) bond motifs is 1. The number of likely N-dealkylation sites (tertiary alicyclic amines) is 1. The van der Waals surface area contributed by atoms with Gasteiger partial charge in [-0.1, -0.05) is 13.8 Å². The number of amides is 4. The maximum Gasteiger partial charge on any atom is 0.410 e. The van der Waals surface area contributed by atoms with Crippen molar-refractivity contribution in [2.75, 3.05) is 56.9 Å². The molecule has 12 nitrogen and oxygen atoms in total. The van der Waals surface area contributed by atoms with Crippen LogP contribution in [0.25, 0.3) is 0 Å². The van der Waals surface area contributed by atoms with Gasteiger partial charge in [-0.15, -0.1) is 0 Å². The van der Waals surface area contributed by atoms with Crippen molar-refractivity contribution in [2.45, 2.75) is 105 Å². The highest BCUT2D eigenvalue weighted by Crippen LogP contribution is 2.41. The standard InChI is InChI=1S/C36H58N4O8/c1-23(2)17-27(22-46-11)37-31(41)25-18-26(21-38(20-25)34(44)48-35(5,6)7)32(42)40(24(3)4)28-13-14-30-29(19-28)39(15-12-16-45-10)33(43)36(8,9)47-30/h13-14,19,23-27H,12,15-18,20-22H2,1-11H3,(H,37,41)/t25-,26?,27?/m0/s1. The summed E-state index contributed by atoms with van der Waals surface area (Å²) in [5.41, 5.74) is -0.621. The van der Waals surface area contributed by atoms with Crippen LogP contribution >= 0.6 is 0 Å². The summed E-state index contributed by atoms with van der Waals surface area (Å²) in [5, 5.41) is 3.11. The van der Waals surface area contributed by atoms with E-state index in [-0.39, 0.29) is 49.3 Å². The molecule has 2 heterocycles. The van der Waals surface area contributed by atoms with E-state index in [2.05, 4.69) is 19.2 Å². The molecule has 0 spiro atoms. The number of nitrogens with one attached hydrogen (secondary N) is 1. The fraction of sp³-hybridized carbons (Fsp3) is 0.722. The average molecular weight is 675 g/mol. The normalized spacial score (nSPS) is 19.9. The summed E-state index contributed by atoms with van der Waals surface area (Å²) >= 11 is 0. The zero-order valence-corrected chi connectivity index (χ0v) is 30.9. The van der Waals surface area contributed by atoms with E-state index in [0.717, 1.165) is 6.42 Å². The Kier molecular flexibility index (Phi) is 13.3. The van der Waals surface area contributed by atoms with Crippen molar-refractivity contribution in [3.05, 3.63) is 18.2 Å². The fourth-order valence-electron chi connectivity index (χ4n) is 6.37. The first-order valence-corrected chi connectivity index (χ1v) is 17.1. The first-order valence-electron chi connectivity index (χ1n) is 17.1. The lowest BCUT2D eigenvalue weighted by atomic mass is 9.87. The van der Waals surface area contributed by atoms with Gasteiger partial charge in [-0.05, 0) is 91.8 Å². The van der Waals surface area contributed by atoms with Crippen molar-refractivity contribution < 1.29 is 38.1 Å². The third kappa shape index (κ3) is 10.1. The lowest BCUT2D eigenvalue weighted by Crippen LogP contribution is -2.55. The number of piperidine rings is 1. The van der Waals surface area contributed by atoms with Gasteiger partial charge in [0.25, 0.3) is 5.91 Å². The molecule has 0 aromatic heterocycles. The monoisotopic (exact) mass is 674 g/mol. The van der Waals surface area contributed by atoms with Crippen LogP contribution in [0.3, 0.4) is 0 Å². The van der Waals surface area contributed by atoms with Crippen LogP contribution in [0.5, 0.6) is 5.75 Å². The highest BCUT2D eigenvalue weighted by molar-refractivity contribution is 6.04. The molecule has 0 bridgehead atoms. The average Bonchev–Trinajstić information content (AvgIpc) is 2.97. The summed E-state index contributed by atoms with van der Waals surface area (Å²) in [6, 6.07) is 4.95. The third-order valence-electron chi connectivity index (χ3n) is 8.41. The predicted octanol–water partition coefficient (Wildman–Crippen LogP) is 5.02. The van der Waals surface area contributed by atoms with Crippen LogP contribution in [0.1, 0.15) is 81.6 Å². The Morgan fingerprint density at radius 3 is 2.31 bits per heavy atom. The number of ether oxygens (including phenoxy) is 4. The molecule has 1 aromatic carbocycles. The summed E-state index contributed by atoms with van der Waals surface area (Å²) in [7, 11) is 3.22. The summed E-state index contributed by atoms with van der Waals surface area (Å²) in [6.45, 7) is 18.4. The van der Waals surface area contributed by atoms with Crippen molar-refractivity contribution in [3.8, 4) is 5.75 Å². The number of hydrogen-bond acceptors (Lipinski definition) is 8. The molecule has 1 N–H and O–H groups in total. The second-order valence-electron chi connectivity index (χ2n) is 15.2. The molecule has 2 aliphatic rings. The Bertz CT molecular complexity index is 1290. The molecule has 1 aromatic rings. The molecule has 0 aliphatic carbocycles. The van der Waals surface area contributed by atoms with E-state index in [1.54, 1.807) is 64.7 Å². The van der Waals surface area contributed by atoms with Gasteiger partial charge >= 0.3 is 6.09 Å². The Balaban J connectivity index is 1.97. The molecule has 2 unspecified atom stereocenters. The van der Waals surface area contributed by atoms with Gasteiger partial charge < -0.3 is 39.0 Å². The van der Waals surface area contributed by atoms with E-state index in [1.165, 1.54) is 4.90 Å². The number of nitrogens with zero attached hydrogens (tertiary/aromatic N) is 3. The van der Waals surface area contributed by atoms with Gasteiger partial charge in [0.15, 0.2) is 5.60 Å². The second-order valence-corrected chi connectivity index (χ2v) is 15.2. The van der Waals surface area contributed by atoms with Crippen LogP contribution in [-0.2, 0) is 28.6 Å². The summed E-state index contributed by atoms with van der Waals surface area (Å²) < 4.78 is 22.4. The molecule has 1 saturated heterocycles. The van der Waals surface area contributed by atoms with Crippen molar-refractivity contribution in [2.24, 2.45) is 17.8 Å². The largest absolute Gasteiger partial charge is 0.476 e. The number of methoxy groups -OCH3 is 2. The van der Waals surface area contributed by atoms with Gasteiger partial charge in [0.2, 0.25) is 11.8 Å². The first kappa shape index (κ1) is 39.1. The number of carbonyl (C=O) groups is 4. The van der Waals surface area contributed by atoms with Gasteiger partial charge in [-0.3, -0.25) is 14.4 Å². The molecule has 12 heteroatoms. The molecule has 0 radical (unpaired) electrons. The minimum absolute atomic E-state index is 0.109. The minimum atomic E-state index is -1.05. The van der Waals surface area contributed by atoms with Crippen molar-refractivity contribution in [1.29, 1.82) is 0 Å².